The van der Waals surface area contributed by atoms with Crippen molar-refractivity contribution in [3.63, 3.8) is 0 Å². The van der Waals surface area contributed by atoms with Crippen LogP contribution in [-0.4, -0.2) is 26.7 Å². The summed E-state index contributed by atoms with van der Waals surface area (Å²) in [5.74, 6) is 0.0664. The summed E-state index contributed by atoms with van der Waals surface area (Å²) in [7, 11) is 0. The molecule has 0 bridgehead atoms. The van der Waals surface area contributed by atoms with Crippen molar-refractivity contribution in [2.45, 2.75) is 80.3 Å². The fourth-order valence-electron chi connectivity index (χ4n) is 3.22. The normalized spacial score (nSPS) is 23.4. The topological polar surface area (TPSA) is 63.4 Å². The molecule has 0 aromatic rings. The predicted octanol–water partition coefficient (Wildman–Crippen LogP) is 4.88. The van der Waals surface area contributed by atoms with Gasteiger partial charge in [-0.3, -0.25) is 9.86 Å². The first kappa shape index (κ1) is 20.6. The highest BCUT2D eigenvalue weighted by Gasteiger charge is 2.61. The fourth-order valence-corrected chi connectivity index (χ4v) is 3.22. The van der Waals surface area contributed by atoms with Crippen molar-refractivity contribution in [1.82, 2.24) is 5.06 Å². The first-order valence-electron chi connectivity index (χ1n) is 9.12. The maximum atomic E-state index is 13.1. The van der Waals surface area contributed by atoms with Gasteiger partial charge in [0, 0.05) is 11.1 Å². The van der Waals surface area contributed by atoms with E-state index in [2.05, 4.69) is 0 Å². The molecule has 0 saturated carbocycles. The zero-order valence-electron chi connectivity index (χ0n) is 17.8. The number of nitrogens with zero attached hydrogens (tertiary/aromatic N) is 2. The quantitative estimate of drug-likeness (QED) is 0.578. The fraction of sp³-hybridized carbons (Fsp3) is 0.667. The number of hydroxylamine groups is 2. The van der Waals surface area contributed by atoms with E-state index in [1.807, 2.05) is 41.5 Å². The van der Waals surface area contributed by atoms with Crippen molar-refractivity contribution in [2.24, 2.45) is 10.8 Å². The van der Waals surface area contributed by atoms with Crippen molar-refractivity contribution >= 4 is 5.78 Å². The molecule has 1 aliphatic heterocycles. The Labute approximate surface area is 157 Å². The molecule has 0 aromatic carbocycles. The van der Waals surface area contributed by atoms with Crippen LogP contribution in [0.1, 0.15) is 69.2 Å². The molecule has 26 heavy (non-hydrogen) atoms. The van der Waals surface area contributed by atoms with Crippen LogP contribution in [0.2, 0.25) is 0 Å². The van der Waals surface area contributed by atoms with Crippen LogP contribution in [0.3, 0.4) is 0 Å². The molecule has 1 saturated heterocycles. The van der Waals surface area contributed by atoms with Crippen LogP contribution in [0.25, 0.3) is 0 Å². The molecule has 1 heterocycles. The third-order valence-electron chi connectivity index (χ3n) is 5.86. The standard InChI is InChI=1S/C21H32N2O3/c1-18(2,3)14-11-13(12-15(16(14)24)19(4,5)6)17-22(25)20(7,8)21(9,10)23(17)26/h11-12H,1-10H3. The van der Waals surface area contributed by atoms with Gasteiger partial charge in [0.1, 0.15) is 5.54 Å². The van der Waals surface area contributed by atoms with Crippen LogP contribution in [0.4, 0.5) is 0 Å². The van der Waals surface area contributed by atoms with Crippen LogP contribution >= 0.6 is 0 Å². The molecule has 2 rings (SSSR count). The van der Waals surface area contributed by atoms with E-state index in [9.17, 15) is 14.9 Å². The van der Waals surface area contributed by atoms with Gasteiger partial charge in [0.05, 0.1) is 5.57 Å². The van der Waals surface area contributed by atoms with Gasteiger partial charge >= 0.3 is 5.82 Å². The summed E-state index contributed by atoms with van der Waals surface area (Å²) in [5.41, 5.74) is -0.789. The smallest absolute Gasteiger partial charge is 0.320 e. The average molecular weight is 360 g/mol. The highest BCUT2D eigenvalue weighted by molar-refractivity contribution is 6.11. The first-order chi connectivity index (χ1) is 11.4. The summed E-state index contributed by atoms with van der Waals surface area (Å²) in [5, 5.41) is 13.8. The zero-order chi connectivity index (χ0) is 20.5. The minimum absolute atomic E-state index is 0.0132. The summed E-state index contributed by atoms with van der Waals surface area (Å²) in [4.78, 5) is 26.1. The molecule has 5 heteroatoms. The molecule has 0 amide bonds. The Kier molecular flexibility index (Phi) is 4.45. The Hall–Kier alpha value is -1.75. The molecule has 1 aliphatic carbocycles. The van der Waals surface area contributed by atoms with Crippen molar-refractivity contribution in [3.8, 4) is 0 Å². The lowest BCUT2D eigenvalue weighted by Crippen LogP contribution is -2.50. The molecule has 5 nitrogen and oxygen atoms in total. The predicted molar refractivity (Wildman–Crippen MR) is 104 cm³/mol. The highest BCUT2D eigenvalue weighted by Crippen LogP contribution is 2.46. The van der Waals surface area contributed by atoms with Crippen LogP contribution in [0.5, 0.6) is 0 Å². The molecule has 1 fully saturated rings. The van der Waals surface area contributed by atoms with Gasteiger partial charge in [-0.25, -0.2) is 0 Å². The SMILES string of the molecule is CC(C)(C)C1=CC(=C2N([O-])C(C)(C)C(C)(C)[N+]2=O)C=C(C(C)(C)C)C1=O. The van der Waals surface area contributed by atoms with Crippen molar-refractivity contribution in [2.75, 3.05) is 0 Å². The molecule has 0 aromatic heterocycles. The second-order valence-corrected chi connectivity index (χ2v) is 10.4. The molecule has 0 spiro atoms. The van der Waals surface area contributed by atoms with Crippen molar-refractivity contribution in [1.29, 1.82) is 0 Å². The van der Waals surface area contributed by atoms with Gasteiger partial charge in [-0.05, 0) is 55.4 Å². The lowest BCUT2D eigenvalue weighted by Gasteiger charge is -2.34. The number of allylic oxidation sites excluding steroid dienone is 5. The van der Waals surface area contributed by atoms with Gasteiger partial charge in [0.15, 0.2) is 11.3 Å². The summed E-state index contributed by atoms with van der Waals surface area (Å²) in [6.45, 7) is 18.9. The Morgan fingerprint density at radius 2 is 1.31 bits per heavy atom. The van der Waals surface area contributed by atoms with Gasteiger partial charge in [-0.15, -0.1) is 0 Å². The van der Waals surface area contributed by atoms with Gasteiger partial charge in [-0.2, -0.15) is 0 Å². The maximum Gasteiger partial charge on any atom is 0.320 e. The number of hydrogen-bond acceptors (Lipinski definition) is 4. The molecule has 0 N–H and O–H groups in total. The second kappa shape index (κ2) is 5.62. The van der Waals surface area contributed by atoms with Crippen LogP contribution in [-0.2, 0) is 4.79 Å². The van der Waals surface area contributed by atoms with E-state index < -0.39 is 21.9 Å². The van der Waals surface area contributed by atoms with Gasteiger partial charge in [0.25, 0.3) is 0 Å². The number of Topliss-reactive ketones (excluding diaryl/α,β-unsaturated/α-hetero) is 1. The lowest BCUT2D eigenvalue weighted by molar-refractivity contribution is -0.566. The Morgan fingerprint density at radius 3 is 1.58 bits per heavy atom. The molecular weight excluding hydrogens is 328 g/mol. The largest absolute Gasteiger partial charge is 0.654 e. The third kappa shape index (κ3) is 2.86. The highest BCUT2D eigenvalue weighted by atomic mass is 16.5. The van der Waals surface area contributed by atoms with Crippen LogP contribution < -0.4 is 0 Å². The van der Waals surface area contributed by atoms with E-state index in [1.54, 1.807) is 39.8 Å². The number of carbonyl (C=O) groups excluding carboxylic acids is 1. The van der Waals surface area contributed by atoms with Gasteiger partial charge < -0.3 is 5.21 Å². The number of carbonyl (C=O) groups is 1. The van der Waals surface area contributed by atoms with E-state index in [4.69, 9.17) is 0 Å². The van der Waals surface area contributed by atoms with E-state index >= 15 is 0 Å². The summed E-state index contributed by atoms with van der Waals surface area (Å²) >= 11 is 0. The van der Waals surface area contributed by atoms with Crippen LogP contribution in [0.15, 0.2) is 34.7 Å². The van der Waals surface area contributed by atoms with Crippen LogP contribution in [0, 0.1) is 20.9 Å². The molecule has 144 valence electrons. The van der Waals surface area contributed by atoms with E-state index in [1.165, 1.54) is 0 Å². The molecule has 2 aliphatic rings. The lowest BCUT2D eigenvalue weighted by atomic mass is 9.72. The maximum absolute atomic E-state index is 13.1. The molecule has 0 unspecified atom stereocenters. The average Bonchev–Trinajstić information content (AvgIpc) is 2.56. The number of ketones is 1. The Balaban J connectivity index is 2.83. The summed E-state index contributed by atoms with van der Waals surface area (Å²) < 4.78 is 0.804. The number of rotatable bonds is 0. The summed E-state index contributed by atoms with van der Waals surface area (Å²) in [6, 6.07) is 0. The molecular formula is C21H32N2O3. The van der Waals surface area contributed by atoms with Crippen molar-refractivity contribution < 1.29 is 9.55 Å². The third-order valence-corrected chi connectivity index (χ3v) is 5.86. The number of nitroso groups, excluding NO2 is 1. The first-order valence-corrected chi connectivity index (χ1v) is 9.12. The molecule has 0 atom stereocenters. The van der Waals surface area contributed by atoms with E-state index in [0.29, 0.717) is 16.7 Å². The van der Waals surface area contributed by atoms with Gasteiger partial charge in [0.2, 0.25) is 0 Å². The monoisotopic (exact) mass is 360 g/mol. The zero-order valence-corrected chi connectivity index (χ0v) is 17.8. The van der Waals surface area contributed by atoms with E-state index in [-0.39, 0.29) is 11.6 Å². The number of hydrogen-bond donors (Lipinski definition) is 0. The van der Waals surface area contributed by atoms with Gasteiger partial charge in [-0.1, -0.05) is 46.4 Å². The Bertz CT molecular complexity index is 730. The minimum Gasteiger partial charge on any atom is -0.654 e. The second-order valence-electron chi connectivity index (χ2n) is 10.4. The summed E-state index contributed by atoms with van der Waals surface area (Å²) in [6.07, 6.45) is 3.44. The molecule has 0 radical (unpaired) electrons. The van der Waals surface area contributed by atoms with E-state index in [0.717, 1.165) is 9.82 Å². The van der Waals surface area contributed by atoms with Crippen molar-refractivity contribution in [3.05, 3.63) is 44.8 Å². The minimum atomic E-state index is -0.885. The Morgan fingerprint density at radius 1 is 0.923 bits per heavy atom.